The summed E-state index contributed by atoms with van der Waals surface area (Å²) in [4.78, 5) is 22.2. The predicted molar refractivity (Wildman–Crippen MR) is 51.8 cm³/mol. The minimum absolute atomic E-state index is 0.0331. The molecule has 1 fully saturated rings. The summed E-state index contributed by atoms with van der Waals surface area (Å²) in [7, 11) is 0. The van der Waals surface area contributed by atoms with Crippen LogP contribution in [0.2, 0.25) is 0 Å². The van der Waals surface area contributed by atoms with Gasteiger partial charge in [0.25, 0.3) is 5.91 Å². The molecule has 2 atom stereocenters. The predicted octanol–water partition coefficient (Wildman–Crippen LogP) is -1.65. The van der Waals surface area contributed by atoms with E-state index in [1.165, 1.54) is 0 Å². The van der Waals surface area contributed by atoms with Crippen LogP contribution in [0.1, 0.15) is 6.42 Å². The van der Waals surface area contributed by atoms with E-state index in [9.17, 15) is 9.59 Å². The number of aliphatic hydroxyl groups excluding tert-OH is 1. The van der Waals surface area contributed by atoms with Crippen LogP contribution in [0.25, 0.3) is 0 Å². The summed E-state index contributed by atoms with van der Waals surface area (Å²) in [5.41, 5.74) is 0. The van der Waals surface area contributed by atoms with Gasteiger partial charge in [0, 0.05) is 13.0 Å². The molecular weight excluding hydrogens is 218 g/mol. The third kappa shape index (κ3) is 3.76. The Morgan fingerprint density at radius 3 is 2.69 bits per heavy atom. The van der Waals surface area contributed by atoms with Crippen molar-refractivity contribution >= 4 is 11.9 Å². The number of aliphatic carboxylic acids is 1. The van der Waals surface area contributed by atoms with Gasteiger partial charge < -0.3 is 25.0 Å². The zero-order valence-corrected chi connectivity index (χ0v) is 8.72. The van der Waals surface area contributed by atoms with Gasteiger partial charge in [0.2, 0.25) is 0 Å². The lowest BCUT2D eigenvalue weighted by atomic mass is 10.2. The summed E-state index contributed by atoms with van der Waals surface area (Å²) in [6, 6.07) is -1.09. The van der Waals surface area contributed by atoms with E-state index in [1.807, 2.05) is 0 Å². The average molecular weight is 233 g/mol. The van der Waals surface area contributed by atoms with E-state index >= 15 is 0 Å². The van der Waals surface area contributed by atoms with Gasteiger partial charge in [-0.2, -0.15) is 0 Å². The van der Waals surface area contributed by atoms with E-state index in [1.54, 1.807) is 0 Å². The van der Waals surface area contributed by atoms with Crippen molar-refractivity contribution in [3.8, 4) is 0 Å². The summed E-state index contributed by atoms with van der Waals surface area (Å²) in [6.07, 6.45) is -0.802. The van der Waals surface area contributed by atoms with Gasteiger partial charge in [-0.05, 0) is 0 Å². The summed E-state index contributed by atoms with van der Waals surface area (Å²) < 4.78 is 10.1. The first-order valence-corrected chi connectivity index (χ1v) is 4.98. The molecule has 1 unspecified atom stereocenters. The Hall–Kier alpha value is -1.18. The third-order valence-electron chi connectivity index (χ3n) is 2.14. The van der Waals surface area contributed by atoms with Gasteiger partial charge in [-0.1, -0.05) is 0 Å². The van der Waals surface area contributed by atoms with Gasteiger partial charge in [0.15, 0.2) is 6.10 Å². The summed E-state index contributed by atoms with van der Waals surface area (Å²) >= 11 is 0. The maximum Gasteiger partial charge on any atom is 0.326 e. The molecule has 7 heteroatoms. The standard InChI is InChI=1S/C9H15NO6/c11-2-1-6(9(13)14)10-8(12)7-5-15-3-4-16-7/h6-7,11H,1-5H2,(H,10,12)(H,13,14)/t6-,7?/m0/s1. The summed E-state index contributed by atoms with van der Waals surface area (Å²) in [5.74, 6) is -1.71. The molecule has 3 N–H and O–H groups in total. The highest BCUT2D eigenvalue weighted by Gasteiger charge is 2.27. The molecule has 0 aromatic carbocycles. The van der Waals surface area contributed by atoms with Crippen molar-refractivity contribution in [1.82, 2.24) is 5.32 Å². The molecule has 7 nitrogen and oxygen atoms in total. The van der Waals surface area contributed by atoms with Crippen LogP contribution in [-0.2, 0) is 19.1 Å². The number of carboxylic acid groups (broad SMARTS) is 1. The molecule has 1 heterocycles. The number of carbonyl (C=O) groups excluding carboxylic acids is 1. The Kier molecular flexibility index (Phi) is 5.17. The molecule has 1 rings (SSSR count). The van der Waals surface area contributed by atoms with Crippen molar-refractivity contribution < 1.29 is 29.3 Å². The lowest BCUT2D eigenvalue weighted by molar-refractivity contribution is -0.152. The fourth-order valence-electron chi connectivity index (χ4n) is 1.29. The largest absolute Gasteiger partial charge is 0.480 e. The van der Waals surface area contributed by atoms with Crippen LogP contribution in [-0.4, -0.2) is 60.7 Å². The second-order valence-electron chi connectivity index (χ2n) is 3.35. The van der Waals surface area contributed by atoms with Crippen molar-refractivity contribution in [3.05, 3.63) is 0 Å². The molecule has 1 saturated heterocycles. The minimum atomic E-state index is -1.18. The number of amides is 1. The number of ether oxygens (including phenoxy) is 2. The first kappa shape index (κ1) is 12.9. The molecule has 0 spiro atoms. The average Bonchev–Trinajstić information content (AvgIpc) is 2.29. The van der Waals surface area contributed by atoms with E-state index in [2.05, 4.69) is 5.32 Å². The molecule has 0 aromatic rings. The zero-order valence-electron chi connectivity index (χ0n) is 8.72. The van der Waals surface area contributed by atoms with Crippen LogP contribution < -0.4 is 5.32 Å². The second kappa shape index (κ2) is 6.41. The Morgan fingerprint density at radius 2 is 2.19 bits per heavy atom. The number of hydrogen-bond donors (Lipinski definition) is 3. The van der Waals surface area contributed by atoms with Crippen LogP contribution in [0, 0.1) is 0 Å². The number of hydrogen-bond acceptors (Lipinski definition) is 5. The van der Waals surface area contributed by atoms with E-state index in [0.29, 0.717) is 13.2 Å². The van der Waals surface area contributed by atoms with Gasteiger partial charge in [0.05, 0.1) is 19.8 Å². The molecular formula is C9H15NO6. The summed E-state index contributed by atoms with van der Waals surface area (Å²) in [5, 5.41) is 19.7. The fraction of sp³-hybridized carbons (Fsp3) is 0.778. The maximum atomic E-state index is 11.5. The Morgan fingerprint density at radius 1 is 1.44 bits per heavy atom. The molecule has 0 saturated carbocycles. The van der Waals surface area contributed by atoms with E-state index in [-0.39, 0.29) is 19.6 Å². The number of carbonyl (C=O) groups is 2. The smallest absolute Gasteiger partial charge is 0.326 e. The second-order valence-corrected chi connectivity index (χ2v) is 3.35. The van der Waals surface area contributed by atoms with Crippen molar-refractivity contribution in [1.29, 1.82) is 0 Å². The minimum Gasteiger partial charge on any atom is -0.480 e. The van der Waals surface area contributed by atoms with Gasteiger partial charge in [-0.25, -0.2) is 4.79 Å². The topological polar surface area (TPSA) is 105 Å². The third-order valence-corrected chi connectivity index (χ3v) is 2.14. The maximum absolute atomic E-state index is 11.5. The molecule has 0 radical (unpaired) electrons. The van der Waals surface area contributed by atoms with Crippen LogP contribution in [0.4, 0.5) is 0 Å². The molecule has 1 amide bonds. The SMILES string of the molecule is O=C(N[C@@H](CCO)C(=O)O)C1COCCO1. The van der Waals surface area contributed by atoms with E-state index < -0.39 is 24.0 Å². The van der Waals surface area contributed by atoms with Crippen LogP contribution in [0.5, 0.6) is 0 Å². The Balaban J connectivity index is 2.43. The molecule has 92 valence electrons. The highest BCUT2D eigenvalue weighted by atomic mass is 16.6. The molecule has 0 aliphatic carbocycles. The van der Waals surface area contributed by atoms with Gasteiger partial charge in [0.1, 0.15) is 6.04 Å². The normalized spacial score (nSPS) is 22.4. The van der Waals surface area contributed by atoms with Gasteiger partial charge in [-0.15, -0.1) is 0 Å². The number of rotatable bonds is 5. The van der Waals surface area contributed by atoms with Crippen molar-refractivity contribution in [3.63, 3.8) is 0 Å². The highest BCUT2D eigenvalue weighted by Crippen LogP contribution is 2.02. The van der Waals surface area contributed by atoms with E-state index in [4.69, 9.17) is 19.7 Å². The first-order chi connectivity index (χ1) is 7.65. The zero-order chi connectivity index (χ0) is 12.0. The monoisotopic (exact) mass is 233 g/mol. The molecule has 1 aliphatic rings. The number of nitrogens with one attached hydrogen (secondary N) is 1. The number of aliphatic hydroxyl groups is 1. The molecule has 1 aliphatic heterocycles. The van der Waals surface area contributed by atoms with Crippen LogP contribution in [0.15, 0.2) is 0 Å². The van der Waals surface area contributed by atoms with Crippen LogP contribution >= 0.6 is 0 Å². The highest BCUT2D eigenvalue weighted by molar-refractivity contribution is 5.86. The van der Waals surface area contributed by atoms with Gasteiger partial charge >= 0.3 is 5.97 Å². The first-order valence-electron chi connectivity index (χ1n) is 4.98. The molecule has 0 aromatic heterocycles. The lowest BCUT2D eigenvalue weighted by Crippen LogP contribution is -2.49. The van der Waals surface area contributed by atoms with Crippen molar-refractivity contribution in [2.24, 2.45) is 0 Å². The summed E-state index contributed by atoms with van der Waals surface area (Å²) in [6.45, 7) is 0.565. The molecule has 0 bridgehead atoms. The van der Waals surface area contributed by atoms with E-state index in [0.717, 1.165) is 0 Å². The molecule has 16 heavy (non-hydrogen) atoms. The van der Waals surface area contributed by atoms with Gasteiger partial charge in [-0.3, -0.25) is 4.79 Å². The van der Waals surface area contributed by atoms with Crippen molar-refractivity contribution in [2.75, 3.05) is 26.4 Å². The lowest BCUT2D eigenvalue weighted by Gasteiger charge is -2.23. The number of carboxylic acids is 1. The fourth-order valence-corrected chi connectivity index (χ4v) is 1.29. The van der Waals surface area contributed by atoms with Crippen molar-refractivity contribution in [2.45, 2.75) is 18.6 Å². The Bertz CT molecular complexity index is 250. The quantitative estimate of drug-likeness (QED) is 0.525. The van der Waals surface area contributed by atoms with Crippen LogP contribution in [0.3, 0.4) is 0 Å². The Labute approximate surface area is 92.3 Å².